The van der Waals surface area contributed by atoms with Crippen LogP contribution >= 0.6 is 22.6 Å². The quantitative estimate of drug-likeness (QED) is 0.360. The van der Waals surface area contributed by atoms with Crippen molar-refractivity contribution in [3.05, 3.63) is 27.3 Å². The first-order chi connectivity index (χ1) is 12.9. The standard InChI is InChI=1S/C16H13F2IO8S/c17-16(18,28(22,23)24)14(21)25-11-4-8-3-7(11)6-15(8)26-12-5-9(19)1-2-10(12)13(20)27-15/h1-2,5,7-8,11H,3-4,6H2,(H,22,23,24). The SMILES string of the molecule is O=C1OC2(CC3CC2CC3OC(=O)C(F)(F)S(=O)(=O)O)Oc2cc(I)ccc21. The molecule has 2 saturated carbocycles. The average Bonchev–Trinajstić information content (AvgIpc) is 3.10. The minimum absolute atomic E-state index is 0.0600. The van der Waals surface area contributed by atoms with Gasteiger partial charge in [0.2, 0.25) is 0 Å². The molecule has 1 N–H and O–H groups in total. The summed E-state index contributed by atoms with van der Waals surface area (Å²) in [6.07, 6.45) is -0.425. The zero-order chi connectivity index (χ0) is 20.5. The number of ether oxygens (including phenoxy) is 3. The summed E-state index contributed by atoms with van der Waals surface area (Å²) in [6, 6.07) is 5.00. The number of hydrogen-bond donors (Lipinski definition) is 1. The lowest BCUT2D eigenvalue weighted by molar-refractivity contribution is -0.202. The number of hydrogen-bond acceptors (Lipinski definition) is 7. The summed E-state index contributed by atoms with van der Waals surface area (Å²) >= 11 is 2.07. The van der Waals surface area contributed by atoms with E-state index in [9.17, 15) is 26.8 Å². The van der Waals surface area contributed by atoms with Crippen molar-refractivity contribution in [2.75, 3.05) is 0 Å². The Morgan fingerprint density at radius 1 is 1.32 bits per heavy atom. The number of carbonyl (C=O) groups excluding carboxylic acids is 2. The Morgan fingerprint density at radius 2 is 2.04 bits per heavy atom. The topological polar surface area (TPSA) is 116 Å². The molecule has 152 valence electrons. The monoisotopic (exact) mass is 530 g/mol. The van der Waals surface area contributed by atoms with E-state index in [0.717, 1.165) is 3.57 Å². The van der Waals surface area contributed by atoms with Crippen LogP contribution in [-0.2, 0) is 24.4 Å². The molecule has 4 unspecified atom stereocenters. The van der Waals surface area contributed by atoms with Crippen LogP contribution < -0.4 is 4.74 Å². The van der Waals surface area contributed by atoms with Gasteiger partial charge in [-0.25, -0.2) is 9.59 Å². The van der Waals surface area contributed by atoms with Gasteiger partial charge >= 0.3 is 27.3 Å². The van der Waals surface area contributed by atoms with Crippen molar-refractivity contribution in [2.45, 2.75) is 36.4 Å². The summed E-state index contributed by atoms with van der Waals surface area (Å²) in [5.41, 5.74) is 0.282. The summed E-state index contributed by atoms with van der Waals surface area (Å²) in [4.78, 5) is 23.9. The van der Waals surface area contributed by atoms with Crippen LogP contribution in [0.1, 0.15) is 29.6 Å². The van der Waals surface area contributed by atoms with E-state index in [2.05, 4.69) is 27.3 Å². The van der Waals surface area contributed by atoms with Crippen molar-refractivity contribution >= 4 is 44.6 Å². The van der Waals surface area contributed by atoms with Crippen LogP contribution in [0.2, 0.25) is 0 Å². The van der Waals surface area contributed by atoms with Gasteiger partial charge in [0.05, 0.1) is 0 Å². The van der Waals surface area contributed by atoms with E-state index in [-0.39, 0.29) is 18.4 Å². The van der Waals surface area contributed by atoms with E-state index in [4.69, 9.17) is 14.0 Å². The number of esters is 2. The molecule has 1 aliphatic heterocycles. The molecule has 2 fully saturated rings. The second-order valence-electron chi connectivity index (χ2n) is 7.01. The summed E-state index contributed by atoms with van der Waals surface area (Å²) in [7, 11) is -5.93. The number of fused-ring (bicyclic) bond motifs is 4. The largest absolute Gasteiger partial charge is 0.465 e. The van der Waals surface area contributed by atoms with Gasteiger partial charge in [0.25, 0.3) is 5.79 Å². The zero-order valence-corrected chi connectivity index (χ0v) is 16.9. The Balaban J connectivity index is 1.51. The van der Waals surface area contributed by atoms with Crippen molar-refractivity contribution in [2.24, 2.45) is 11.8 Å². The second kappa shape index (κ2) is 6.23. The predicted octanol–water partition coefficient (Wildman–Crippen LogP) is 2.36. The number of carbonyl (C=O) groups is 2. The molecule has 0 saturated heterocycles. The van der Waals surface area contributed by atoms with Gasteiger partial charge in [-0.1, -0.05) is 0 Å². The predicted molar refractivity (Wildman–Crippen MR) is 95.1 cm³/mol. The van der Waals surface area contributed by atoms with E-state index >= 15 is 0 Å². The first-order valence-corrected chi connectivity index (χ1v) is 10.7. The van der Waals surface area contributed by atoms with Gasteiger partial charge < -0.3 is 14.2 Å². The summed E-state index contributed by atoms with van der Waals surface area (Å²) in [5.74, 6) is -4.66. The third-order valence-corrected chi connectivity index (χ3v) is 6.82. The molecule has 4 atom stereocenters. The van der Waals surface area contributed by atoms with Crippen LogP contribution in [-0.4, -0.2) is 42.1 Å². The van der Waals surface area contributed by atoms with Gasteiger partial charge in [0, 0.05) is 21.8 Å². The molecule has 1 spiro atoms. The summed E-state index contributed by atoms with van der Waals surface area (Å²) < 4.78 is 73.7. The van der Waals surface area contributed by atoms with Gasteiger partial charge in [0.1, 0.15) is 17.4 Å². The van der Waals surface area contributed by atoms with Gasteiger partial charge in [-0.15, -0.1) is 0 Å². The minimum Gasteiger partial charge on any atom is -0.457 e. The van der Waals surface area contributed by atoms with Gasteiger partial charge in [-0.2, -0.15) is 17.2 Å². The lowest BCUT2D eigenvalue weighted by Gasteiger charge is -2.41. The highest BCUT2D eigenvalue weighted by atomic mass is 127. The minimum atomic E-state index is -5.93. The Morgan fingerprint density at radius 3 is 2.64 bits per heavy atom. The molecule has 8 nitrogen and oxygen atoms in total. The Bertz CT molecular complexity index is 981. The van der Waals surface area contributed by atoms with Crippen molar-refractivity contribution in [3.8, 4) is 5.75 Å². The van der Waals surface area contributed by atoms with Gasteiger partial charge in [-0.05, 0) is 53.6 Å². The number of benzene rings is 1. The Labute approximate surface area is 171 Å². The van der Waals surface area contributed by atoms with E-state index in [1.807, 2.05) is 0 Å². The van der Waals surface area contributed by atoms with Crippen molar-refractivity contribution in [1.29, 1.82) is 0 Å². The second-order valence-corrected chi connectivity index (χ2v) is 9.72. The van der Waals surface area contributed by atoms with Gasteiger partial charge in [-0.3, -0.25) is 4.55 Å². The molecular formula is C16H13F2IO8S. The molecule has 1 heterocycles. The molecule has 3 aliphatic rings. The molecule has 28 heavy (non-hydrogen) atoms. The summed E-state index contributed by atoms with van der Waals surface area (Å²) in [6.45, 7) is 0. The molecular weight excluding hydrogens is 517 g/mol. The molecule has 0 amide bonds. The third-order valence-electron chi connectivity index (χ3n) is 5.33. The van der Waals surface area contributed by atoms with E-state index < -0.39 is 51.0 Å². The zero-order valence-electron chi connectivity index (χ0n) is 13.9. The Hall–Kier alpha value is -1.54. The average molecular weight is 530 g/mol. The summed E-state index contributed by atoms with van der Waals surface area (Å²) in [5, 5.41) is -5.05. The first-order valence-electron chi connectivity index (χ1n) is 8.21. The van der Waals surface area contributed by atoms with Crippen LogP contribution in [0.4, 0.5) is 8.78 Å². The smallest absolute Gasteiger partial charge is 0.457 e. The fraction of sp³-hybridized carbons (Fsp3) is 0.500. The maximum absolute atomic E-state index is 13.4. The number of halogens is 3. The third kappa shape index (κ3) is 2.96. The molecule has 0 radical (unpaired) electrons. The van der Waals surface area contributed by atoms with Crippen LogP contribution in [0.5, 0.6) is 5.75 Å². The maximum atomic E-state index is 13.4. The normalized spacial score (nSPS) is 31.3. The fourth-order valence-electron chi connectivity index (χ4n) is 4.07. The van der Waals surface area contributed by atoms with Crippen LogP contribution in [0.25, 0.3) is 0 Å². The highest BCUT2D eigenvalue weighted by Crippen LogP contribution is 2.56. The number of rotatable bonds is 3. The molecule has 1 aromatic carbocycles. The van der Waals surface area contributed by atoms with Crippen LogP contribution in [0.15, 0.2) is 18.2 Å². The van der Waals surface area contributed by atoms with Crippen molar-refractivity contribution < 1.29 is 45.6 Å². The highest BCUT2D eigenvalue weighted by Gasteiger charge is 2.64. The maximum Gasteiger partial charge on any atom is 0.465 e. The number of alkyl halides is 2. The molecule has 2 bridgehead atoms. The lowest BCUT2D eigenvalue weighted by Crippen LogP contribution is -2.51. The molecule has 4 rings (SSSR count). The van der Waals surface area contributed by atoms with E-state index in [1.54, 1.807) is 18.2 Å². The molecule has 0 aromatic heterocycles. The van der Waals surface area contributed by atoms with Gasteiger partial charge in [0.15, 0.2) is 0 Å². The van der Waals surface area contributed by atoms with Crippen LogP contribution in [0.3, 0.4) is 0 Å². The fourth-order valence-corrected chi connectivity index (χ4v) is 4.79. The molecule has 12 heteroatoms. The lowest BCUT2D eigenvalue weighted by atomic mass is 9.90. The Kier molecular flexibility index (Phi) is 4.39. The van der Waals surface area contributed by atoms with E-state index in [1.165, 1.54) is 0 Å². The molecule has 2 aliphatic carbocycles. The van der Waals surface area contributed by atoms with Crippen molar-refractivity contribution in [1.82, 2.24) is 0 Å². The molecule has 1 aromatic rings. The van der Waals surface area contributed by atoms with E-state index in [0.29, 0.717) is 12.2 Å². The van der Waals surface area contributed by atoms with Crippen LogP contribution in [0, 0.1) is 15.4 Å². The highest BCUT2D eigenvalue weighted by molar-refractivity contribution is 14.1. The van der Waals surface area contributed by atoms with Crippen molar-refractivity contribution in [3.63, 3.8) is 0 Å². The first kappa shape index (κ1) is 19.8.